The molecule has 0 bridgehead atoms. The van der Waals surface area contributed by atoms with Crippen LogP contribution in [0.25, 0.3) is 22.2 Å². The molecule has 0 radical (unpaired) electrons. The normalized spacial score (nSPS) is 11.1. The number of nitrogens with zero attached hydrogens (tertiary/aromatic N) is 4. The zero-order valence-corrected chi connectivity index (χ0v) is 18.6. The highest BCUT2D eigenvalue weighted by Gasteiger charge is 2.15. The lowest BCUT2D eigenvalue weighted by Gasteiger charge is -2.14. The molecule has 0 atom stereocenters. The summed E-state index contributed by atoms with van der Waals surface area (Å²) in [7, 11) is 1.91. The molecular weight excluding hydrogens is 434 g/mol. The number of carbonyl (C=O) groups is 1. The third-order valence-electron chi connectivity index (χ3n) is 4.73. The summed E-state index contributed by atoms with van der Waals surface area (Å²) in [5, 5.41) is 5.72. The van der Waals surface area contributed by atoms with Gasteiger partial charge in [0.15, 0.2) is 0 Å². The summed E-state index contributed by atoms with van der Waals surface area (Å²) >= 11 is 7.65. The van der Waals surface area contributed by atoms with Crippen LogP contribution in [0.2, 0.25) is 5.02 Å². The molecule has 0 fully saturated rings. The largest absolute Gasteiger partial charge is 0.487 e. The zero-order chi connectivity index (χ0) is 22.0. The Labute approximate surface area is 188 Å². The fourth-order valence-electron chi connectivity index (χ4n) is 3.32. The van der Waals surface area contributed by atoms with Gasteiger partial charge in [0.25, 0.3) is 0 Å². The minimum absolute atomic E-state index is 0.137. The maximum Gasteiger partial charge on any atom is 0.227 e. The fraction of sp³-hybridized carbons (Fsp3) is 0.182. The number of primary amides is 1. The lowest BCUT2D eigenvalue weighted by Crippen LogP contribution is -2.13. The third-order valence-corrected chi connectivity index (χ3v) is 6.15. The van der Waals surface area contributed by atoms with Crippen molar-refractivity contribution in [1.29, 1.82) is 0 Å². The molecule has 0 saturated heterocycles. The molecule has 9 heteroatoms. The number of pyridine rings is 2. The quantitative estimate of drug-likeness (QED) is 0.422. The number of fused-ring (bicyclic) bond motifs is 1. The lowest BCUT2D eigenvalue weighted by atomic mass is 10.0. The Balaban J connectivity index is 1.70. The van der Waals surface area contributed by atoms with Gasteiger partial charge in [-0.25, -0.2) is 4.98 Å². The molecule has 1 aromatic carbocycles. The number of aromatic nitrogens is 4. The van der Waals surface area contributed by atoms with Gasteiger partial charge in [0, 0.05) is 52.7 Å². The molecule has 0 unspecified atom stereocenters. The van der Waals surface area contributed by atoms with Crippen LogP contribution >= 0.6 is 23.4 Å². The van der Waals surface area contributed by atoms with E-state index in [0.717, 1.165) is 38.3 Å². The molecule has 0 aliphatic heterocycles. The van der Waals surface area contributed by atoms with Crippen LogP contribution in [-0.2, 0) is 18.4 Å². The van der Waals surface area contributed by atoms with Crippen LogP contribution in [0.15, 0.2) is 53.8 Å². The first-order valence-corrected chi connectivity index (χ1v) is 10.9. The number of rotatable bonds is 7. The van der Waals surface area contributed by atoms with Crippen LogP contribution in [0, 0.1) is 6.92 Å². The standard InChI is InChI=1S/C22H20ClN5O2S/c1-13-8-15(18-6-7-26-28(18)2)14-4-3-5-19(22(14)27-13)30-11-16-17(23)9-25-10-20(16)31-12-21(24)29/h3-10H,11-12H2,1-2H3,(H2,24,29). The van der Waals surface area contributed by atoms with Crippen molar-refractivity contribution in [3.63, 3.8) is 0 Å². The molecule has 3 heterocycles. The molecule has 7 nitrogen and oxygen atoms in total. The summed E-state index contributed by atoms with van der Waals surface area (Å²) in [6, 6.07) is 9.85. The topological polar surface area (TPSA) is 95.9 Å². The molecule has 2 N–H and O–H groups in total. The summed E-state index contributed by atoms with van der Waals surface area (Å²) in [4.78, 5) is 20.8. The van der Waals surface area contributed by atoms with Crippen LogP contribution in [0.3, 0.4) is 0 Å². The number of aryl methyl sites for hydroxylation is 2. The average molecular weight is 454 g/mol. The Morgan fingerprint density at radius 1 is 1.29 bits per heavy atom. The number of carbonyl (C=O) groups excluding carboxylic acids is 1. The number of nitrogens with two attached hydrogens (primary N) is 1. The molecule has 1 amide bonds. The summed E-state index contributed by atoms with van der Waals surface area (Å²) < 4.78 is 8.00. The highest BCUT2D eigenvalue weighted by atomic mass is 35.5. The maximum absolute atomic E-state index is 11.2. The number of thioether (sulfide) groups is 1. The third kappa shape index (κ3) is 4.50. The van der Waals surface area contributed by atoms with Gasteiger partial charge in [0.2, 0.25) is 5.91 Å². The van der Waals surface area contributed by atoms with Crippen LogP contribution in [0.5, 0.6) is 5.75 Å². The molecule has 4 rings (SSSR count). The van der Waals surface area contributed by atoms with Gasteiger partial charge in [0.05, 0.1) is 16.5 Å². The second kappa shape index (κ2) is 8.95. The Kier molecular flexibility index (Phi) is 6.11. The van der Waals surface area contributed by atoms with E-state index in [1.54, 1.807) is 18.6 Å². The number of hydrogen-bond acceptors (Lipinski definition) is 6. The first-order chi connectivity index (χ1) is 14.9. The number of benzene rings is 1. The molecule has 31 heavy (non-hydrogen) atoms. The van der Waals surface area contributed by atoms with E-state index in [1.807, 2.05) is 49.0 Å². The van der Waals surface area contributed by atoms with E-state index in [4.69, 9.17) is 27.1 Å². The Morgan fingerprint density at radius 2 is 2.13 bits per heavy atom. The van der Waals surface area contributed by atoms with Gasteiger partial charge in [-0.3, -0.25) is 14.5 Å². The average Bonchev–Trinajstić information content (AvgIpc) is 3.16. The SMILES string of the molecule is Cc1cc(-c2ccnn2C)c2cccc(OCc3c(Cl)cncc3SCC(N)=O)c2n1. The number of ether oxygens (including phenoxy) is 1. The maximum atomic E-state index is 11.2. The van der Waals surface area contributed by atoms with Gasteiger partial charge in [-0.2, -0.15) is 5.10 Å². The summed E-state index contributed by atoms with van der Waals surface area (Å²) in [6.07, 6.45) is 4.98. The van der Waals surface area contributed by atoms with Gasteiger partial charge in [-0.05, 0) is 25.1 Å². The van der Waals surface area contributed by atoms with Crippen LogP contribution in [-0.4, -0.2) is 31.4 Å². The van der Waals surface area contributed by atoms with Crippen molar-refractivity contribution in [2.45, 2.75) is 18.4 Å². The minimum Gasteiger partial charge on any atom is -0.487 e. The van der Waals surface area contributed by atoms with Gasteiger partial charge in [-0.1, -0.05) is 23.7 Å². The van der Waals surface area contributed by atoms with Crippen LogP contribution in [0.1, 0.15) is 11.3 Å². The van der Waals surface area contributed by atoms with Gasteiger partial charge >= 0.3 is 0 Å². The Bertz CT molecular complexity index is 1270. The van der Waals surface area contributed by atoms with Crippen molar-refractivity contribution in [2.75, 3.05) is 5.75 Å². The van der Waals surface area contributed by atoms with Gasteiger partial charge in [-0.15, -0.1) is 11.8 Å². The number of hydrogen-bond donors (Lipinski definition) is 1. The first-order valence-electron chi connectivity index (χ1n) is 9.49. The molecule has 0 aliphatic rings. The van der Waals surface area contributed by atoms with E-state index < -0.39 is 5.91 Å². The monoisotopic (exact) mass is 453 g/mol. The molecule has 0 spiro atoms. The smallest absolute Gasteiger partial charge is 0.227 e. The Hall–Kier alpha value is -3.10. The molecule has 158 valence electrons. The van der Waals surface area contributed by atoms with E-state index in [1.165, 1.54) is 11.8 Å². The van der Waals surface area contributed by atoms with Crippen molar-refractivity contribution in [2.24, 2.45) is 12.8 Å². The highest BCUT2D eigenvalue weighted by molar-refractivity contribution is 8.00. The van der Waals surface area contributed by atoms with Crippen molar-refractivity contribution in [3.8, 4) is 17.0 Å². The Morgan fingerprint density at radius 3 is 2.87 bits per heavy atom. The van der Waals surface area contributed by atoms with Gasteiger partial charge in [0.1, 0.15) is 17.9 Å². The molecular formula is C22H20ClN5O2S. The van der Waals surface area contributed by atoms with Crippen LogP contribution in [0.4, 0.5) is 0 Å². The molecule has 3 aromatic heterocycles. The molecule has 0 saturated carbocycles. The van der Waals surface area contributed by atoms with Gasteiger partial charge < -0.3 is 10.5 Å². The number of para-hydroxylation sites is 1. The highest BCUT2D eigenvalue weighted by Crippen LogP contribution is 2.34. The van der Waals surface area contributed by atoms with E-state index in [0.29, 0.717) is 10.8 Å². The van der Waals surface area contributed by atoms with E-state index in [-0.39, 0.29) is 12.4 Å². The second-order valence-corrected chi connectivity index (χ2v) is 8.37. The predicted molar refractivity (Wildman–Crippen MR) is 122 cm³/mol. The van der Waals surface area contributed by atoms with Crippen molar-refractivity contribution in [3.05, 3.63) is 65.2 Å². The molecule has 0 aliphatic carbocycles. The van der Waals surface area contributed by atoms with E-state index in [2.05, 4.69) is 10.1 Å². The zero-order valence-electron chi connectivity index (χ0n) is 17.0. The summed E-state index contributed by atoms with van der Waals surface area (Å²) in [5.74, 6) is 0.370. The second-order valence-electron chi connectivity index (χ2n) is 6.95. The predicted octanol–water partition coefficient (Wildman–Crippen LogP) is 4.15. The number of halogens is 1. The summed E-state index contributed by atoms with van der Waals surface area (Å²) in [6.45, 7) is 2.16. The molecule has 4 aromatic rings. The van der Waals surface area contributed by atoms with Crippen molar-refractivity contribution < 1.29 is 9.53 Å². The fourth-order valence-corrected chi connectivity index (χ4v) is 4.37. The first kappa shape index (κ1) is 21.1. The van der Waals surface area contributed by atoms with Crippen LogP contribution < -0.4 is 10.5 Å². The number of amides is 1. The van der Waals surface area contributed by atoms with Crippen molar-refractivity contribution in [1.82, 2.24) is 19.7 Å². The summed E-state index contributed by atoms with van der Waals surface area (Å²) in [5.41, 5.74) is 9.69. The van der Waals surface area contributed by atoms with Crippen molar-refractivity contribution >= 4 is 40.2 Å². The van der Waals surface area contributed by atoms with E-state index >= 15 is 0 Å². The lowest BCUT2D eigenvalue weighted by molar-refractivity contribution is -0.115. The van der Waals surface area contributed by atoms with E-state index in [9.17, 15) is 4.79 Å². The minimum atomic E-state index is -0.409.